The molecule has 3 N–H and O–H groups in total. The zero-order valence-corrected chi connectivity index (χ0v) is 11.3. The number of benzene rings is 1. The molecule has 3 rings (SSSR count). The fourth-order valence-corrected chi connectivity index (χ4v) is 2.82. The van der Waals surface area contributed by atoms with E-state index >= 15 is 0 Å². The fourth-order valence-electron chi connectivity index (χ4n) is 2.82. The highest BCUT2D eigenvalue weighted by molar-refractivity contribution is 5.98. The molecule has 0 amide bonds. The zero-order valence-electron chi connectivity index (χ0n) is 11.3. The van der Waals surface area contributed by atoms with Crippen LogP contribution >= 0.6 is 0 Å². The molecule has 1 saturated heterocycles. The Hall–Kier alpha value is -1.97. The average Bonchev–Trinajstić information content (AvgIpc) is 2.47. The number of aromatic nitrogens is 1. The van der Waals surface area contributed by atoms with E-state index in [0.29, 0.717) is 5.69 Å². The maximum atomic E-state index is 5.99. The highest BCUT2D eigenvalue weighted by atomic mass is 15.1. The molecule has 0 unspecified atom stereocenters. The number of nitrogens with zero attached hydrogens (tertiary/aromatic N) is 2. The van der Waals surface area contributed by atoms with E-state index in [9.17, 15) is 0 Å². The van der Waals surface area contributed by atoms with Crippen molar-refractivity contribution >= 4 is 28.0 Å². The first kappa shape index (κ1) is 12.1. The topological polar surface area (TPSA) is 54.2 Å². The Balaban J connectivity index is 2.08. The molecule has 0 radical (unpaired) electrons. The second-order valence-corrected chi connectivity index (χ2v) is 5.09. The lowest BCUT2D eigenvalue weighted by Gasteiger charge is -2.29. The van der Waals surface area contributed by atoms with Crippen molar-refractivity contribution in [2.24, 2.45) is 0 Å². The van der Waals surface area contributed by atoms with Crippen LogP contribution in [-0.4, -0.2) is 25.1 Å². The third kappa shape index (κ3) is 2.18. The molecule has 2 aromatic rings. The summed E-state index contributed by atoms with van der Waals surface area (Å²) in [5.41, 5.74) is 9.92. The first-order valence-corrected chi connectivity index (χ1v) is 6.90. The van der Waals surface area contributed by atoms with E-state index in [2.05, 4.69) is 33.4 Å². The molecule has 0 saturated carbocycles. The number of hydrogen-bond donors (Lipinski definition) is 2. The van der Waals surface area contributed by atoms with E-state index in [4.69, 9.17) is 5.73 Å². The molecule has 1 aromatic carbocycles. The first-order chi connectivity index (χ1) is 9.29. The van der Waals surface area contributed by atoms with E-state index in [-0.39, 0.29) is 0 Å². The molecule has 1 aromatic heterocycles. The predicted molar refractivity (Wildman–Crippen MR) is 81.8 cm³/mol. The second-order valence-electron chi connectivity index (χ2n) is 5.09. The van der Waals surface area contributed by atoms with Gasteiger partial charge in [0.2, 0.25) is 0 Å². The van der Waals surface area contributed by atoms with E-state index in [1.807, 2.05) is 7.05 Å². The van der Waals surface area contributed by atoms with Gasteiger partial charge in [0.05, 0.1) is 23.1 Å². The van der Waals surface area contributed by atoms with Crippen LogP contribution in [0.3, 0.4) is 0 Å². The number of nitrogens with two attached hydrogens (primary N) is 1. The van der Waals surface area contributed by atoms with Gasteiger partial charge < -0.3 is 16.0 Å². The normalized spacial score (nSPS) is 15.7. The third-order valence-corrected chi connectivity index (χ3v) is 3.85. The number of pyridine rings is 1. The quantitative estimate of drug-likeness (QED) is 0.867. The number of anilines is 3. The molecule has 0 bridgehead atoms. The van der Waals surface area contributed by atoms with Gasteiger partial charge in [0.25, 0.3) is 0 Å². The maximum absolute atomic E-state index is 5.99. The summed E-state index contributed by atoms with van der Waals surface area (Å²) >= 11 is 0. The summed E-state index contributed by atoms with van der Waals surface area (Å²) in [6.07, 6.45) is 5.63. The van der Waals surface area contributed by atoms with Crippen LogP contribution in [0.5, 0.6) is 0 Å². The minimum atomic E-state index is 0.700. The van der Waals surface area contributed by atoms with Crippen LogP contribution < -0.4 is 16.0 Å². The minimum absolute atomic E-state index is 0.700. The second kappa shape index (κ2) is 4.96. The lowest BCUT2D eigenvalue weighted by molar-refractivity contribution is 0.578. The van der Waals surface area contributed by atoms with Crippen molar-refractivity contribution in [1.29, 1.82) is 0 Å². The van der Waals surface area contributed by atoms with Crippen LogP contribution in [0, 0.1) is 0 Å². The molecule has 1 aliphatic rings. The molecule has 4 heteroatoms. The van der Waals surface area contributed by atoms with Gasteiger partial charge in [-0.3, -0.25) is 4.98 Å². The van der Waals surface area contributed by atoms with E-state index in [0.717, 1.165) is 29.7 Å². The number of rotatable bonds is 2. The van der Waals surface area contributed by atoms with Crippen molar-refractivity contribution in [2.75, 3.05) is 36.1 Å². The van der Waals surface area contributed by atoms with Gasteiger partial charge >= 0.3 is 0 Å². The van der Waals surface area contributed by atoms with Gasteiger partial charge in [0.15, 0.2) is 0 Å². The average molecular weight is 256 g/mol. The fraction of sp³-hybridized carbons (Fsp3) is 0.400. The van der Waals surface area contributed by atoms with Crippen LogP contribution in [0.4, 0.5) is 17.1 Å². The number of hydrogen-bond acceptors (Lipinski definition) is 4. The molecular formula is C15H20N4. The SMILES string of the molecule is CNc1c(N)cnc2ccc(N3CCCCC3)cc12. The van der Waals surface area contributed by atoms with Crippen LogP contribution in [0.2, 0.25) is 0 Å². The van der Waals surface area contributed by atoms with Crippen molar-refractivity contribution < 1.29 is 0 Å². The first-order valence-electron chi connectivity index (χ1n) is 6.90. The molecule has 2 heterocycles. The number of nitrogens with one attached hydrogen (secondary N) is 1. The highest BCUT2D eigenvalue weighted by Gasteiger charge is 2.13. The molecular weight excluding hydrogens is 236 g/mol. The number of piperidine rings is 1. The van der Waals surface area contributed by atoms with Gasteiger partial charge in [-0.2, -0.15) is 0 Å². The van der Waals surface area contributed by atoms with Crippen LogP contribution in [0.1, 0.15) is 19.3 Å². The van der Waals surface area contributed by atoms with Gasteiger partial charge in [-0.15, -0.1) is 0 Å². The van der Waals surface area contributed by atoms with Gasteiger partial charge in [0, 0.05) is 31.2 Å². The molecule has 4 nitrogen and oxygen atoms in total. The largest absolute Gasteiger partial charge is 0.396 e. The molecule has 1 aliphatic heterocycles. The molecule has 1 fully saturated rings. The minimum Gasteiger partial charge on any atom is -0.396 e. The Kier molecular flexibility index (Phi) is 3.15. The van der Waals surface area contributed by atoms with Crippen molar-refractivity contribution in [3.8, 4) is 0 Å². The lowest BCUT2D eigenvalue weighted by Crippen LogP contribution is -2.29. The van der Waals surface area contributed by atoms with Crippen LogP contribution in [0.25, 0.3) is 10.9 Å². The van der Waals surface area contributed by atoms with Gasteiger partial charge in [-0.1, -0.05) is 0 Å². The Morgan fingerprint density at radius 2 is 2.00 bits per heavy atom. The highest BCUT2D eigenvalue weighted by Crippen LogP contribution is 2.31. The summed E-state index contributed by atoms with van der Waals surface area (Å²) < 4.78 is 0. The van der Waals surface area contributed by atoms with Gasteiger partial charge in [-0.25, -0.2) is 0 Å². The molecule has 0 aliphatic carbocycles. The van der Waals surface area contributed by atoms with Crippen molar-refractivity contribution in [1.82, 2.24) is 4.98 Å². The van der Waals surface area contributed by atoms with E-state index in [1.54, 1.807) is 6.20 Å². The summed E-state index contributed by atoms with van der Waals surface area (Å²) in [5.74, 6) is 0. The smallest absolute Gasteiger partial charge is 0.0742 e. The van der Waals surface area contributed by atoms with Crippen LogP contribution in [0.15, 0.2) is 24.4 Å². The lowest BCUT2D eigenvalue weighted by atomic mass is 10.1. The Labute approximate surface area is 113 Å². The van der Waals surface area contributed by atoms with Crippen molar-refractivity contribution in [3.63, 3.8) is 0 Å². The van der Waals surface area contributed by atoms with E-state index < -0.39 is 0 Å². The summed E-state index contributed by atoms with van der Waals surface area (Å²) in [5, 5.41) is 4.29. The maximum Gasteiger partial charge on any atom is 0.0742 e. The molecule has 100 valence electrons. The summed E-state index contributed by atoms with van der Waals surface area (Å²) in [4.78, 5) is 6.84. The van der Waals surface area contributed by atoms with Crippen molar-refractivity contribution in [2.45, 2.75) is 19.3 Å². The Bertz CT molecular complexity index is 588. The molecule has 19 heavy (non-hydrogen) atoms. The van der Waals surface area contributed by atoms with Crippen LogP contribution in [-0.2, 0) is 0 Å². The molecule has 0 atom stereocenters. The van der Waals surface area contributed by atoms with Gasteiger partial charge in [0.1, 0.15) is 0 Å². The summed E-state index contributed by atoms with van der Waals surface area (Å²) in [6.45, 7) is 2.30. The van der Waals surface area contributed by atoms with Gasteiger partial charge in [-0.05, 0) is 37.5 Å². The summed E-state index contributed by atoms with van der Waals surface area (Å²) in [7, 11) is 1.90. The summed E-state index contributed by atoms with van der Waals surface area (Å²) in [6, 6.07) is 6.45. The zero-order chi connectivity index (χ0) is 13.2. The molecule has 0 spiro atoms. The number of nitrogen functional groups attached to an aromatic ring is 1. The standard InChI is InChI=1S/C15H20N4/c1-17-15-12-9-11(19-7-3-2-4-8-19)5-6-14(12)18-10-13(15)16/h5-6,9-10H,2-4,7-8,16H2,1H3,(H,17,18). The van der Waals surface area contributed by atoms with Crippen molar-refractivity contribution in [3.05, 3.63) is 24.4 Å². The Morgan fingerprint density at radius 1 is 1.21 bits per heavy atom. The third-order valence-electron chi connectivity index (χ3n) is 3.85. The predicted octanol–water partition coefficient (Wildman–Crippen LogP) is 2.85. The number of fused-ring (bicyclic) bond motifs is 1. The van der Waals surface area contributed by atoms with E-state index in [1.165, 1.54) is 24.9 Å². The Morgan fingerprint density at radius 3 is 2.74 bits per heavy atom. The monoisotopic (exact) mass is 256 g/mol.